The molecule has 0 radical (unpaired) electrons. The number of hydrogen-bond donors (Lipinski definition) is 1. The first-order chi connectivity index (χ1) is 28.2. The summed E-state index contributed by atoms with van der Waals surface area (Å²) in [6.07, 6.45) is -0.0829. The van der Waals surface area contributed by atoms with Gasteiger partial charge in [-0.2, -0.15) is 0 Å². The van der Waals surface area contributed by atoms with E-state index in [9.17, 15) is 0 Å². The monoisotopic (exact) mass is 725 g/mol. The lowest BCUT2D eigenvalue weighted by molar-refractivity contribution is 0.832. The Bertz CT molecular complexity index is 3230. The first-order valence-electron chi connectivity index (χ1n) is 19.7. The largest absolute Gasteiger partial charge is 0.359 e. The summed E-state index contributed by atoms with van der Waals surface area (Å²) in [5.41, 5.74) is 12.8. The van der Waals surface area contributed by atoms with Gasteiger partial charge in [-0.15, -0.1) is 0 Å². The van der Waals surface area contributed by atoms with E-state index in [4.69, 9.17) is 4.99 Å². The molecule has 3 nitrogen and oxygen atoms in total. The first kappa shape index (κ1) is 31.8. The zero-order valence-corrected chi connectivity index (χ0v) is 31.0. The first-order valence-corrected chi connectivity index (χ1v) is 19.7. The number of rotatable bonds is 4. The maximum Gasteiger partial charge on any atom is 0.143 e. The number of amidine groups is 1. The Labute approximate surface area is 330 Å². The van der Waals surface area contributed by atoms with Crippen molar-refractivity contribution in [2.45, 2.75) is 6.17 Å². The van der Waals surface area contributed by atoms with Gasteiger partial charge in [0, 0.05) is 11.1 Å². The molecule has 266 valence electrons. The lowest BCUT2D eigenvalue weighted by Crippen LogP contribution is -2.37. The van der Waals surface area contributed by atoms with Crippen LogP contribution in [0.25, 0.3) is 76.5 Å². The Morgan fingerprint density at radius 2 is 0.860 bits per heavy atom. The molecular formula is C54H35N3. The number of aliphatic imine (C=N–C) groups is 1. The highest BCUT2D eigenvalue weighted by Crippen LogP contribution is 2.49. The van der Waals surface area contributed by atoms with Gasteiger partial charge < -0.3 is 5.32 Å². The number of para-hydroxylation sites is 2. The standard InChI is InChI=1S/C54H35N3/c1-3-13-38-31-40(27-21-34(38)11-1)41-29-30-48-47(33-41)54-56-49-19-9-10-20-50(49)57(54)53(55-48)37-25-23-36(24-26-37)51-43-15-5-7-17-45(43)52(46-18-8-6-16-44(46)51)42-28-22-35-12-2-4-14-39(35)32-42/h1-33,54,56H. The Balaban J connectivity index is 0.988. The lowest BCUT2D eigenvalue weighted by Gasteiger charge is -2.33. The molecule has 2 heterocycles. The van der Waals surface area contributed by atoms with E-state index in [0.717, 1.165) is 28.5 Å². The Morgan fingerprint density at radius 1 is 0.386 bits per heavy atom. The van der Waals surface area contributed by atoms with Gasteiger partial charge in [-0.05, 0) is 113 Å². The highest BCUT2D eigenvalue weighted by Gasteiger charge is 2.38. The van der Waals surface area contributed by atoms with E-state index in [2.05, 4.69) is 210 Å². The summed E-state index contributed by atoms with van der Waals surface area (Å²) in [5.74, 6) is 0.941. The van der Waals surface area contributed by atoms with Crippen molar-refractivity contribution in [1.82, 2.24) is 0 Å². The second-order valence-corrected chi connectivity index (χ2v) is 15.2. The molecule has 10 aromatic rings. The predicted molar refractivity (Wildman–Crippen MR) is 241 cm³/mol. The fraction of sp³-hybridized carbons (Fsp3) is 0.0185. The quantitative estimate of drug-likeness (QED) is 0.183. The summed E-state index contributed by atoms with van der Waals surface area (Å²) >= 11 is 0. The minimum Gasteiger partial charge on any atom is -0.359 e. The molecule has 10 aromatic carbocycles. The van der Waals surface area contributed by atoms with Crippen LogP contribution in [0.4, 0.5) is 17.1 Å². The average molecular weight is 726 g/mol. The van der Waals surface area contributed by atoms with Gasteiger partial charge in [0.05, 0.1) is 17.1 Å². The van der Waals surface area contributed by atoms with Crippen molar-refractivity contribution in [3.8, 4) is 33.4 Å². The molecule has 0 bridgehead atoms. The molecule has 0 aliphatic carbocycles. The molecule has 3 heteroatoms. The second kappa shape index (κ2) is 12.5. The van der Waals surface area contributed by atoms with Crippen molar-refractivity contribution in [3.05, 3.63) is 211 Å². The summed E-state index contributed by atoms with van der Waals surface area (Å²) in [6.45, 7) is 0. The summed E-state index contributed by atoms with van der Waals surface area (Å²) in [5, 5.41) is 13.8. The summed E-state index contributed by atoms with van der Waals surface area (Å²) in [4.78, 5) is 7.79. The number of benzene rings is 10. The summed E-state index contributed by atoms with van der Waals surface area (Å²) in [7, 11) is 0. The fourth-order valence-corrected chi connectivity index (χ4v) is 9.29. The summed E-state index contributed by atoms with van der Waals surface area (Å²) < 4.78 is 0. The van der Waals surface area contributed by atoms with Crippen LogP contribution in [0, 0.1) is 0 Å². The number of anilines is 2. The molecule has 57 heavy (non-hydrogen) atoms. The molecule has 1 unspecified atom stereocenters. The van der Waals surface area contributed by atoms with E-state index in [1.807, 2.05) is 0 Å². The SMILES string of the molecule is c1ccc2c(c1)NC1c3cc(-c4ccc5ccccc5c4)ccc3N=C(c3ccc(-c4c5ccccc5c(-c5ccc6ccccc6c5)c5ccccc45)cc3)N21. The Hall–Kier alpha value is -7.49. The smallest absolute Gasteiger partial charge is 0.143 e. The van der Waals surface area contributed by atoms with Crippen molar-refractivity contribution < 1.29 is 0 Å². The van der Waals surface area contributed by atoms with Crippen molar-refractivity contribution in [1.29, 1.82) is 0 Å². The van der Waals surface area contributed by atoms with Crippen LogP contribution < -0.4 is 10.2 Å². The van der Waals surface area contributed by atoms with Gasteiger partial charge in [-0.25, -0.2) is 4.99 Å². The van der Waals surface area contributed by atoms with Crippen LogP contribution in [-0.2, 0) is 0 Å². The number of fused-ring (bicyclic) bond motifs is 9. The van der Waals surface area contributed by atoms with Gasteiger partial charge in [-0.3, -0.25) is 4.90 Å². The van der Waals surface area contributed by atoms with E-state index < -0.39 is 0 Å². The van der Waals surface area contributed by atoms with Crippen LogP contribution in [0.1, 0.15) is 17.3 Å². The fourth-order valence-electron chi connectivity index (χ4n) is 9.29. The molecule has 0 aromatic heterocycles. The molecule has 0 fully saturated rings. The van der Waals surface area contributed by atoms with Crippen molar-refractivity contribution in [2.75, 3.05) is 10.2 Å². The molecule has 0 spiro atoms. The summed E-state index contributed by atoms with van der Waals surface area (Å²) in [6, 6.07) is 72.9. The highest BCUT2D eigenvalue weighted by atomic mass is 15.4. The molecule has 0 saturated carbocycles. The molecular weight excluding hydrogens is 691 g/mol. The Morgan fingerprint density at radius 3 is 1.53 bits per heavy atom. The van der Waals surface area contributed by atoms with E-state index in [0.29, 0.717) is 0 Å². The minimum atomic E-state index is -0.0829. The maximum absolute atomic E-state index is 5.41. The molecule has 1 N–H and O–H groups in total. The zero-order chi connectivity index (χ0) is 37.5. The minimum absolute atomic E-state index is 0.0829. The van der Waals surface area contributed by atoms with Gasteiger partial charge in [0.2, 0.25) is 0 Å². The van der Waals surface area contributed by atoms with Crippen LogP contribution in [0.2, 0.25) is 0 Å². The lowest BCUT2D eigenvalue weighted by atomic mass is 9.85. The third kappa shape index (κ3) is 5.02. The van der Waals surface area contributed by atoms with E-state index in [1.165, 1.54) is 82.0 Å². The molecule has 1 atom stereocenters. The van der Waals surface area contributed by atoms with Gasteiger partial charge >= 0.3 is 0 Å². The predicted octanol–water partition coefficient (Wildman–Crippen LogP) is 14.3. The topological polar surface area (TPSA) is 27.6 Å². The number of nitrogens with zero attached hydrogens (tertiary/aromatic N) is 2. The van der Waals surface area contributed by atoms with Crippen LogP contribution in [-0.4, -0.2) is 5.84 Å². The van der Waals surface area contributed by atoms with Crippen LogP contribution in [0.3, 0.4) is 0 Å². The van der Waals surface area contributed by atoms with Gasteiger partial charge in [-0.1, -0.05) is 164 Å². The Kier molecular flexibility index (Phi) is 6.99. The average Bonchev–Trinajstić information content (AvgIpc) is 3.68. The van der Waals surface area contributed by atoms with E-state index in [-0.39, 0.29) is 6.17 Å². The molecule has 2 aliphatic heterocycles. The highest BCUT2D eigenvalue weighted by molar-refractivity contribution is 6.22. The van der Waals surface area contributed by atoms with Crippen molar-refractivity contribution >= 4 is 66.0 Å². The molecule has 0 saturated heterocycles. The van der Waals surface area contributed by atoms with Gasteiger partial charge in [0.15, 0.2) is 0 Å². The maximum atomic E-state index is 5.41. The molecule has 12 rings (SSSR count). The second-order valence-electron chi connectivity index (χ2n) is 15.2. The zero-order valence-electron chi connectivity index (χ0n) is 31.0. The van der Waals surface area contributed by atoms with Gasteiger partial charge in [0.25, 0.3) is 0 Å². The third-order valence-electron chi connectivity index (χ3n) is 12.0. The number of hydrogen-bond acceptors (Lipinski definition) is 3. The van der Waals surface area contributed by atoms with Crippen molar-refractivity contribution in [3.63, 3.8) is 0 Å². The van der Waals surface area contributed by atoms with E-state index in [1.54, 1.807) is 0 Å². The number of nitrogens with one attached hydrogen (secondary N) is 1. The molecule has 0 amide bonds. The van der Waals surface area contributed by atoms with Crippen LogP contribution >= 0.6 is 0 Å². The molecule has 2 aliphatic rings. The van der Waals surface area contributed by atoms with E-state index >= 15 is 0 Å². The third-order valence-corrected chi connectivity index (χ3v) is 12.0. The normalized spacial score (nSPS) is 14.4. The van der Waals surface area contributed by atoms with Crippen LogP contribution in [0.5, 0.6) is 0 Å². The van der Waals surface area contributed by atoms with Gasteiger partial charge in [0.1, 0.15) is 12.0 Å². The van der Waals surface area contributed by atoms with Crippen molar-refractivity contribution in [2.24, 2.45) is 4.99 Å². The van der Waals surface area contributed by atoms with Crippen LogP contribution in [0.15, 0.2) is 205 Å².